The van der Waals surface area contributed by atoms with Crippen LogP contribution in [-0.2, 0) is 40.0 Å². The molecule has 0 radical (unpaired) electrons. The highest BCUT2D eigenvalue weighted by atomic mass is 19.1. The van der Waals surface area contributed by atoms with Crippen molar-refractivity contribution in [1.82, 2.24) is 19.7 Å². The molecular formula is C56H61F3N4O5. The Bertz CT molecular complexity index is 2510. The number of hydrogen-bond acceptors (Lipinski definition) is 9. The van der Waals surface area contributed by atoms with Crippen LogP contribution in [0, 0.1) is 17.5 Å². The van der Waals surface area contributed by atoms with Crippen LogP contribution in [0.15, 0.2) is 134 Å². The van der Waals surface area contributed by atoms with Crippen LogP contribution in [0.5, 0.6) is 11.5 Å². The molecule has 2 aliphatic rings. The first-order chi connectivity index (χ1) is 33.1. The monoisotopic (exact) mass is 926 g/mol. The predicted octanol–water partition coefficient (Wildman–Crippen LogP) is 9.35. The third-order valence-electron chi connectivity index (χ3n) is 12.2. The molecule has 68 heavy (non-hydrogen) atoms. The lowest BCUT2D eigenvalue weighted by molar-refractivity contribution is -0.119. The number of piperazine rings is 1. The Kier molecular flexibility index (Phi) is 18.9. The molecule has 6 aromatic rings. The third kappa shape index (κ3) is 16.3. The van der Waals surface area contributed by atoms with Crippen LogP contribution in [0.25, 0.3) is 22.3 Å². The summed E-state index contributed by atoms with van der Waals surface area (Å²) in [5.74, 6) is 0.666. The molecule has 0 saturated carbocycles. The van der Waals surface area contributed by atoms with Gasteiger partial charge in [-0.1, -0.05) is 66.7 Å². The van der Waals surface area contributed by atoms with E-state index in [1.165, 1.54) is 30.3 Å². The summed E-state index contributed by atoms with van der Waals surface area (Å²) in [5, 5.41) is 0. The standard InChI is InChI=1S/C29H32F2N2O2.C27H29FN2O3/c1-32-13-15-33(16-14-32)17-18-35-27-11-12-28(29(31)21-27)24-8-5-23(6-9-24)20-26(34)10-7-22-3-2-4-25(30)19-22;28-24-3-1-2-21(18-24)4-9-26(31)19-25-8-5-23(20-29-25)22-6-10-27(11-7-22)33-17-14-30-12-15-32-16-13-30/h2-6,8-9,11-12,19,21H,7,10,13-18,20H2,1H3;1-3,5-8,10-11,18,20H,4,9,12-17,19H2. The Morgan fingerprint density at radius 3 is 1.72 bits per heavy atom. The molecule has 2 fully saturated rings. The molecule has 3 heterocycles. The van der Waals surface area contributed by atoms with E-state index in [4.69, 9.17) is 14.2 Å². The van der Waals surface area contributed by atoms with Crippen molar-refractivity contribution in [1.29, 1.82) is 0 Å². The second kappa shape index (κ2) is 25.8. The molecule has 2 saturated heterocycles. The molecule has 8 rings (SSSR count). The van der Waals surface area contributed by atoms with Crippen LogP contribution >= 0.6 is 0 Å². The quantitative estimate of drug-likeness (QED) is 0.0744. The van der Waals surface area contributed by atoms with Crippen LogP contribution in [0.2, 0.25) is 0 Å². The van der Waals surface area contributed by atoms with Crippen molar-refractivity contribution in [2.24, 2.45) is 0 Å². The smallest absolute Gasteiger partial charge is 0.139 e. The number of nitrogens with zero attached hydrogens (tertiary/aromatic N) is 4. The van der Waals surface area contributed by atoms with Crippen molar-refractivity contribution in [3.05, 3.63) is 173 Å². The summed E-state index contributed by atoms with van der Waals surface area (Å²) in [6.07, 6.45) is 4.17. The fraction of sp³-hybridized carbons (Fsp3) is 0.339. The normalized spacial score (nSPS) is 14.5. The number of aryl methyl sites for hydroxylation is 2. The average molecular weight is 927 g/mol. The molecule has 0 spiro atoms. The van der Waals surface area contributed by atoms with Gasteiger partial charge in [-0.05, 0) is 102 Å². The number of rotatable bonds is 20. The van der Waals surface area contributed by atoms with Crippen molar-refractivity contribution in [2.45, 2.75) is 38.5 Å². The van der Waals surface area contributed by atoms with E-state index in [1.54, 1.807) is 30.5 Å². The molecule has 0 atom stereocenters. The van der Waals surface area contributed by atoms with E-state index in [0.717, 1.165) is 110 Å². The number of ether oxygens (including phenoxy) is 3. The summed E-state index contributed by atoms with van der Waals surface area (Å²) in [7, 11) is 2.13. The first kappa shape index (κ1) is 49.7. The Hall–Kier alpha value is -6.18. The molecule has 12 heteroatoms. The van der Waals surface area contributed by atoms with Gasteiger partial charge < -0.3 is 19.1 Å². The second-order valence-electron chi connectivity index (χ2n) is 17.4. The lowest BCUT2D eigenvalue weighted by Crippen LogP contribution is -2.45. The van der Waals surface area contributed by atoms with E-state index in [2.05, 4.69) is 26.7 Å². The van der Waals surface area contributed by atoms with E-state index in [0.29, 0.717) is 56.6 Å². The van der Waals surface area contributed by atoms with Gasteiger partial charge in [0.2, 0.25) is 0 Å². The van der Waals surface area contributed by atoms with Gasteiger partial charge in [-0.2, -0.15) is 0 Å². The van der Waals surface area contributed by atoms with Crippen molar-refractivity contribution >= 4 is 11.6 Å². The fourth-order valence-corrected chi connectivity index (χ4v) is 8.11. The van der Waals surface area contributed by atoms with Gasteiger partial charge in [0, 0.05) is 107 Å². The summed E-state index contributed by atoms with van der Waals surface area (Å²) >= 11 is 0. The van der Waals surface area contributed by atoms with Crippen LogP contribution in [-0.4, -0.2) is 117 Å². The molecular weight excluding hydrogens is 866 g/mol. The molecule has 0 amide bonds. The Labute approximate surface area is 398 Å². The van der Waals surface area contributed by atoms with E-state index >= 15 is 0 Å². The Balaban J connectivity index is 0.000000202. The van der Waals surface area contributed by atoms with Crippen molar-refractivity contribution in [2.75, 3.05) is 85.8 Å². The summed E-state index contributed by atoms with van der Waals surface area (Å²) < 4.78 is 58.3. The number of Topliss-reactive ketones (excluding diaryl/α,β-unsaturated/α-hetero) is 2. The zero-order valence-electron chi connectivity index (χ0n) is 38.9. The number of halogens is 3. The number of hydrogen-bond donors (Lipinski definition) is 0. The maximum Gasteiger partial charge on any atom is 0.139 e. The average Bonchev–Trinajstić information content (AvgIpc) is 3.35. The maximum absolute atomic E-state index is 14.8. The number of likely N-dealkylation sites (N-methyl/N-ethyl adjacent to an activating group) is 1. The molecule has 1 aromatic heterocycles. The fourth-order valence-electron chi connectivity index (χ4n) is 8.11. The first-order valence-electron chi connectivity index (χ1n) is 23.5. The summed E-state index contributed by atoms with van der Waals surface area (Å²) in [4.78, 5) is 36.1. The minimum Gasteiger partial charge on any atom is -0.492 e. The van der Waals surface area contributed by atoms with E-state index in [-0.39, 0.29) is 35.4 Å². The van der Waals surface area contributed by atoms with Gasteiger partial charge in [0.05, 0.1) is 13.2 Å². The molecule has 9 nitrogen and oxygen atoms in total. The number of pyridine rings is 1. The molecule has 0 bridgehead atoms. The topological polar surface area (TPSA) is 84.4 Å². The summed E-state index contributed by atoms with van der Waals surface area (Å²) in [6, 6.07) is 36.9. The number of benzene rings is 5. The Morgan fingerprint density at radius 1 is 0.574 bits per heavy atom. The van der Waals surface area contributed by atoms with Gasteiger partial charge in [0.15, 0.2) is 0 Å². The van der Waals surface area contributed by atoms with Gasteiger partial charge in [0.25, 0.3) is 0 Å². The predicted molar refractivity (Wildman–Crippen MR) is 261 cm³/mol. The highest BCUT2D eigenvalue weighted by Gasteiger charge is 2.15. The largest absolute Gasteiger partial charge is 0.492 e. The second-order valence-corrected chi connectivity index (χ2v) is 17.4. The highest BCUT2D eigenvalue weighted by Crippen LogP contribution is 2.27. The number of carbonyl (C=O) groups excluding carboxylic acids is 2. The SMILES string of the molecule is CN1CCN(CCOc2ccc(-c3ccc(CC(=O)CCc4cccc(F)c4)cc3)c(F)c2)CC1.O=C(CCc1cccc(F)c1)Cc1ccc(-c2ccc(OCCN3CCOCC3)cc2)cn1. The maximum atomic E-state index is 14.8. The van der Waals surface area contributed by atoms with Gasteiger partial charge in [0.1, 0.15) is 53.7 Å². The molecule has 0 unspecified atom stereocenters. The van der Waals surface area contributed by atoms with E-state index < -0.39 is 0 Å². The van der Waals surface area contributed by atoms with Crippen molar-refractivity contribution < 1.29 is 37.0 Å². The minimum atomic E-state index is -0.332. The van der Waals surface area contributed by atoms with Crippen LogP contribution < -0.4 is 9.47 Å². The van der Waals surface area contributed by atoms with Gasteiger partial charge in [-0.3, -0.25) is 24.4 Å². The number of morpholine rings is 1. The molecule has 5 aromatic carbocycles. The first-order valence-corrected chi connectivity index (χ1v) is 23.5. The van der Waals surface area contributed by atoms with Crippen LogP contribution in [0.3, 0.4) is 0 Å². The number of carbonyl (C=O) groups is 2. The van der Waals surface area contributed by atoms with Crippen LogP contribution in [0.1, 0.15) is 35.2 Å². The van der Waals surface area contributed by atoms with E-state index in [9.17, 15) is 22.8 Å². The minimum absolute atomic E-state index is 0.0891. The number of ketones is 2. The van der Waals surface area contributed by atoms with Crippen molar-refractivity contribution in [3.63, 3.8) is 0 Å². The number of aromatic nitrogens is 1. The highest BCUT2D eigenvalue weighted by molar-refractivity contribution is 5.81. The van der Waals surface area contributed by atoms with E-state index in [1.807, 2.05) is 72.8 Å². The summed E-state index contributed by atoms with van der Waals surface area (Å²) in [6.45, 7) is 10.6. The Morgan fingerprint density at radius 2 is 1.13 bits per heavy atom. The molecule has 356 valence electrons. The zero-order chi connectivity index (χ0) is 47.5. The molecule has 2 aliphatic heterocycles. The zero-order valence-corrected chi connectivity index (χ0v) is 38.9. The van der Waals surface area contributed by atoms with Crippen molar-refractivity contribution in [3.8, 4) is 33.8 Å². The van der Waals surface area contributed by atoms with Crippen LogP contribution in [0.4, 0.5) is 13.2 Å². The lowest BCUT2D eigenvalue weighted by atomic mass is 9.99. The van der Waals surface area contributed by atoms with Gasteiger partial charge >= 0.3 is 0 Å². The summed E-state index contributed by atoms with van der Waals surface area (Å²) in [5.41, 5.74) is 6.56. The third-order valence-corrected chi connectivity index (χ3v) is 12.2. The molecule has 0 N–H and O–H groups in total. The van der Waals surface area contributed by atoms with Gasteiger partial charge in [-0.15, -0.1) is 0 Å². The lowest BCUT2D eigenvalue weighted by Gasteiger charge is -2.32. The van der Waals surface area contributed by atoms with Gasteiger partial charge in [-0.25, -0.2) is 13.2 Å². The molecule has 0 aliphatic carbocycles.